The number of nitrogens with two attached hydrogens (primary N) is 1. The summed E-state index contributed by atoms with van der Waals surface area (Å²) in [5, 5.41) is 0. The van der Waals surface area contributed by atoms with Crippen LogP contribution in [0.25, 0.3) is 0 Å². The number of rotatable bonds is 73. The summed E-state index contributed by atoms with van der Waals surface area (Å²) in [4.78, 5) is 35.4. The Balaban J connectivity index is 3.76. The maximum atomic E-state index is 12.8. The predicted molar refractivity (Wildman–Crippen MR) is 377 cm³/mol. The van der Waals surface area contributed by atoms with Crippen LogP contribution in [-0.4, -0.2) is 49.3 Å². The highest BCUT2D eigenvalue weighted by Gasteiger charge is 2.26. The molecule has 0 aliphatic heterocycles. The van der Waals surface area contributed by atoms with Gasteiger partial charge < -0.3 is 20.1 Å². The zero-order valence-electron chi connectivity index (χ0n) is 57.8. The van der Waals surface area contributed by atoms with E-state index in [1.807, 2.05) is 0 Å². The van der Waals surface area contributed by atoms with Gasteiger partial charge in [0.2, 0.25) is 0 Å². The van der Waals surface area contributed by atoms with E-state index in [9.17, 15) is 19.0 Å². The van der Waals surface area contributed by atoms with E-state index in [2.05, 4.69) is 62.5 Å². The highest BCUT2D eigenvalue weighted by molar-refractivity contribution is 7.47. The summed E-state index contributed by atoms with van der Waals surface area (Å²) in [6.45, 7) is 3.72. The smallest absolute Gasteiger partial charge is 0.462 e. The Labute approximate surface area is 540 Å². The van der Waals surface area contributed by atoms with Crippen LogP contribution in [0.1, 0.15) is 399 Å². The second-order valence-corrected chi connectivity index (χ2v) is 27.3. The molecule has 9 nitrogen and oxygen atoms in total. The number of phosphoric acid groups is 1. The minimum Gasteiger partial charge on any atom is -0.462 e. The molecule has 0 spiro atoms. The Kier molecular flexibility index (Phi) is 71.3. The van der Waals surface area contributed by atoms with E-state index in [0.29, 0.717) is 6.42 Å². The molecule has 0 aliphatic rings. The van der Waals surface area contributed by atoms with Crippen LogP contribution in [0.3, 0.4) is 0 Å². The second-order valence-electron chi connectivity index (χ2n) is 25.9. The quantitative estimate of drug-likeness (QED) is 0.0264. The van der Waals surface area contributed by atoms with Crippen molar-refractivity contribution in [3.63, 3.8) is 0 Å². The summed E-state index contributed by atoms with van der Waals surface area (Å²) in [7, 11) is -4.39. The fourth-order valence-corrected chi connectivity index (χ4v) is 12.4. The number of phosphoric ester groups is 1. The summed E-state index contributed by atoms with van der Waals surface area (Å²) in [5.41, 5.74) is 5.41. The molecule has 3 N–H and O–H groups in total. The van der Waals surface area contributed by atoms with E-state index in [1.54, 1.807) is 0 Å². The summed E-state index contributed by atoms with van der Waals surface area (Å²) in [6, 6.07) is 0. The lowest BCUT2D eigenvalue weighted by atomic mass is 10.0. The van der Waals surface area contributed by atoms with Crippen LogP contribution in [0.4, 0.5) is 0 Å². The average molecular weight is 1240 g/mol. The van der Waals surface area contributed by atoms with Crippen LogP contribution in [0, 0.1) is 0 Å². The first-order valence-corrected chi connectivity index (χ1v) is 39.6. The molecule has 0 aromatic heterocycles. The third kappa shape index (κ3) is 72.9. The lowest BCUT2D eigenvalue weighted by molar-refractivity contribution is -0.161. The molecule has 0 aromatic carbocycles. The Bertz CT molecular complexity index is 1570. The number of esters is 2. The molecule has 2 atom stereocenters. The minimum atomic E-state index is -4.39. The van der Waals surface area contributed by atoms with E-state index >= 15 is 0 Å². The van der Waals surface area contributed by atoms with Crippen molar-refractivity contribution in [2.24, 2.45) is 5.73 Å². The van der Waals surface area contributed by atoms with Gasteiger partial charge in [-0.2, -0.15) is 0 Å². The highest BCUT2D eigenvalue weighted by Crippen LogP contribution is 2.43. The van der Waals surface area contributed by atoms with E-state index < -0.39 is 26.5 Å². The fraction of sp³-hybridized carbons (Fsp3) is 0.870. The van der Waals surface area contributed by atoms with Gasteiger partial charge in [0.1, 0.15) is 6.61 Å². The number of unbranched alkanes of at least 4 members (excludes halogenated alkanes) is 52. The minimum absolute atomic E-state index is 0.0565. The van der Waals surface area contributed by atoms with Crippen molar-refractivity contribution in [3.8, 4) is 0 Å². The van der Waals surface area contributed by atoms with Gasteiger partial charge in [-0.25, -0.2) is 4.57 Å². The molecule has 0 amide bonds. The zero-order chi connectivity index (χ0) is 63.0. The van der Waals surface area contributed by atoms with Crippen molar-refractivity contribution >= 4 is 19.8 Å². The van der Waals surface area contributed by atoms with Crippen LogP contribution < -0.4 is 5.73 Å². The number of ether oxygens (including phenoxy) is 2. The molecule has 87 heavy (non-hydrogen) atoms. The normalized spacial score (nSPS) is 13.1. The third-order valence-corrected chi connectivity index (χ3v) is 18.2. The van der Waals surface area contributed by atoms with Crippen molar-refractivity contribution < 1.29 is 37.6 Å². The fourth-order valence-electron chi connectivity index (χ4n) is 11.6. The van der Waals surface area contributed by atoms with Gasteiger partial charge >= 0.3 is 19.8 Å². The van der Waals surface area contributed by atoms with E-state index in [0.717, 1.165) is 57.8 Å². The van der Waals surface area contributed by atoms with Crippen molar-refractivity contribution in [2.75, 3.05) is 26.4 Å². The van der Waals surface area contributed by atoms with E-state index in [1.165, 1.54) is 308 Å². The molecule has 10 heteroatoms. The van der Waals surface area contributed by atoms with Crippen LogP contribution in [0.5, 0.6) is 0 Å². The van der Waals surface area contributed by atoms with Gasteiger partial charge in [-0.15, -0.1) is 0 Å². The Morgan fingerprint density at radius 2 is 0.632 bits per heavy atom. The van der Waals surface area contributed by atoms with Crippen molar-refractivity contribution in [2.45, 2.75) is 405 Å². The lowest BCUT2D eigenvalue weighted by Crippen LogP contribution is -2.29. The van der Waals surface area contributed by atoms with Gasteiger partial charge in [-0.3, -0.25) is 18.6 Å². The Morgan fingerprint density at radius 3 is 0.943 bits per heavy atom. The molecule has 2 unspecified atom stereocenters. The Morgan fingerprint density at radius 1 is 0.356 bits per heavy atom. The van der Waals surface area contributed by atoms with E-state index in [4.69, 9.17) is 24.3 Å². The molecular weight excluding hydrogens is 1100 g/mol. The van der Waals surface area contributed by atoms with Gasteiger partial charge in [0.15, 0.2) is 6.10 Å². The van der Waals surface area contributed by atoms with Crippen LogP contribution in [0.15, 0.2) is 48.6 Å². The number of allylic oxidation sites excluding steroid dienone is 8. The first-order valence-electron chi connectivity index (χ1n) is 38.1. The van der Waals surface area contributed by atoms with Gasteiger partial charge in [-0.1, -0.05) is 383 Å². The van der Waals surface area contributed by atoms with Gasteiger partial charge in [0, 0.05) is 19.4 Å². The topological polar surface area (TPSA) is 134 Å². The molecule has 0 bridgehead atoms. The van der Waals surface area contributed by atoms with Crippen LogP contribution in [0.2, 0.25) is 0 Å². The maximum Gasteiger partial charge on any atom is 0.472 e. The summed E-state index contributed by atoms with van der Waals surface area (Å²) >= 11 is 0. The van der Waals surface area contributed by atoms with Gasteiger partial charge in [0.05, 0.1) is 13.2 Å². The average Bonchev–Trinajstić information content (AvgIpc) is 3.65. The monoisotopic (exact) mass is 1240 g/mol. The number of hydrogen-bond donors (Lipinski definition) is 2. The number of hydrogen-bond acceptors (Lipinski definition) is 8. The van der Waals surface area contributed by atoms with Crippen LogP contribution in [-0.2, 0) is 32.7 Å². The summed E-state index contributed by atoms with van der Waals surface area (Å²) in [5.74, 6) is -0.801. The molecule has 0 heterocycles. The molecule has 0 saturated heterocycles. The summed E-state index contributed by atoms with van der Waals surface area (Å²) in [6.07, 6.45) is 93.9. The van der Waals surface area contributed by atoms with Crippen molar-refractivity contribution in [1.29, 1.82) is 0 Å². The van der Waals surface area contributed by atoms with Gasteiger partial charge in [0.25, 0.3) is 0 Å². The Hall–Kier alpha value is -2.03. The molecule has 0 radical (unpaired) electrons. The largest absolute Gasteiger partial charge is 0.472 e. The molecule has 0 fully saturated rings. The van der Waals surface area contributed by atoms with Crippen molar-refractivity contribution in [1.82, 2.24) is 0 Å². The molecule has 512 valence electrons. The standard InChI is InChI=1S/C77H146NO8P/c1-3-5-7-9-11-13-15-17-19-21-23-25-27-29-31-33-34-35-36-37-38-39-40-42-44-46-48-50-52-54-56-58-60-62-64-66-68-70-77(80)86-75(74-85-87(81,82)84-72-71-78)73-83-76(79)69-67-65-63-61-59-57-55-53-51-49-47-45-43-41-32-30-28-26-24-22-20-18-16-14-12-10-8-6-4-2/h5,7,11,13,17,19,23,25,75H,3-4,6,8-10,12,14-16,18,20-22,24,26-74,78H2,1-2H3,(H,81,82)/b7-5-,13-11-,19-17-,25-23-. The number of carbonyl (C=O) groups is 2. The highest BCUT2D eigenvalue weighted by atomic mass is 31.2. The first-order chi connectivity index (χ1) is 42.8. The van der Waals surface area contributed by atoms with Crippen LogP contribution >= 0.6 is 7.82 Å². The van der Waals surface area contributed by atoms with E-state index in [-0.39, 0.29) is 38.6 Å². The first kappa shape index (κ1) is 85.0. The zero-order valence-corrected chi connectivity index (χ0v) is 58.7. The van der Waals surface area contributed by atoms with Crippen molar-refractivity contribution in [3.05, 3.63) is 48.6 Å². The maximum absolute atomic E-state index is 12.8. The molecule has 0 aliphatic carbocycles. The lowest BCUT2D eigenvalue weighted by Gasteiger charge is -2.19. The molecule has 0 aromatic rings. The second kappa shape index (κ2) is 73.0. The number of carbonyl (C=O) groups excluding carboxylic acids is 2. The van der Waals surface area contributed by atoms with Gasteiger partial charge in [-0.05, 0) is 51.4 Å². The molecule has 0 saturated carbocycles. The summed E-state index contributed by atoms with van der Waals surface area (Å²) < 4.78 is 33.3. The molecular formula is C77H146NO8P. The predicted octanol–water partition coefficient (Wildman–Crippen LogP) is 25.2. The molecule has 0 rings (SSSR count). The SMILES string of the molecule is CC/C=C\C/C=C\C/C=C\C/C=C\CCCCCCCCCCCCCCCCCCCCCCCCCCC(=O)OC(COC(=O)CCCCCCCCCCCCCCCCCCCCCCCCCCCCCCC)COP(=O)(O)OCCN. The third-order valence-electron chi connectivity index (χ3n) is 17.2.